The highest BCUT2D eigenvalue weighted by Gasteiger charge is 2.27. The van der Waals surface area contributed by atoms with Crippen LogP contribution in [0.5, 0.6) is 0 Å². The second-order valence-corrected chi connectivity index (χ2v) is 7.60. The molecule has 1 aromatic carbocycles. The molecule has 0 heterocycles. The molecule has 1 N–H and O–H groups in total. The van der Waals surface area contributed by atoms with E-state index in [9.17, 15) is 18.0 Å². The third-order valence-corrected chi connectivity index (χ3v) is 5.04. The molecule has 24 heavy (non-hydrogen) atoms. The Morgan fingerprint density at radius 2 is 1.92 bits per heavy atom. The fourth-order valence-electron chi connectivity index (χ4n) is 2.09. The molecule has 1 rings (SSSR count). The molecule has 8 heteroatoms. The molecule has 0 aliphatic rings. The molecular weight excluding hydrogens is 334 g/mol. The molecule has 1 aromatic rings. The number of carboxylic acid groups (broad SMARTS) is 1. The van der Waals surface area contributed by atoms with Gasteiger partial charge in [-0.05, 0) is 44.9 Å². The maximum atomic E-state index is 12.7. The summed E-state index contributed by atoms with van der Waals surface area (Å²) in [6.07, 6.45) is 0.140. The second-order valence-electron chi connectivity index (χ2n) is 5.66. The quantitative estimate of drug-likeness (QED) is 0.715. The fraction of sp³-hybridized carbons (Fsp3) is 0.500. The van der Waals surface area contributed by atoms with Crippen molar-refractivity contribution < 1.29 is 27.9 Å². The van der Waals surface area contributed by atoms with Crippen molar-refractivity contribution in [3.05, 3.63) is 29.3 Å². The summed E-state index contributed by atoms with van der Waals surface area (Å²) in [7, 11) is -4.01. The molecule has 0 saturated heterocycles. The number of carbonyl (C=O) groups excluding carboxylic acids is 1. The number of benzene rings is 1. The number of hydrogen-bond donors (Lipinski definition) is 1. The van der Waals surface area contributed by atoms with Crippen LogP contribution in [0.3, 0.4) is 0 Å². The van der Waals surface area contributed by atoms with E-state index < -0.39 is 28.5 Å². The molecule has 0 aliphatic heterocycles. The Labute approximate surface area is 142 Å². The molecule has 0 bridgehead atoms. The Balaban J connectivity index is 3.28. The zero-order chi connectivity index (χ0) is 18.5. The first kappa shape index (κ1) is 20.1. The molecule has 0 radical (unpaired) electrons. The summed E-state index contributed by atoms with van der Waals surface area (Å²) in [5.74, 6) is -1.85. The van der Waals surface area contributed by atoms with Crippen molar-refractivity contribution in [2.75, 3.05) is 13.1 Å². The maximum Gasteiger partial charge on any atom is 0.338 e. The average Bonchev–Trinajstić information content (AvgIpc) is 2.45. The topological polar surface area (TPSA) is 101 Å². The summed E-state index contributed by atoms with van der Waals surface area (Å²) < 4.78 is 31.4. The van der Waals surface area contributed by atoms with Crippen molar-refractivity contribution in [3.8, 4) is 0 Å². The molecule has 0 aliphatic carbocycles. The van der Waals surface area contributed by atoms with Crippen molar-refractivity contribution in [2.45, 2.75) is 45.1 Å². The van der Waals surface area contributed by atoms with E-state index in [0.29, 0.717) is 12.0 Å². The van der Waals surface area contributed by atoms with E-state index in [-0.39, 0.29) is 23.1 Å². The van der Waals surface area contributed by atoms with Crippen LogP contribution in [0.1, 0.15) is 43.1 Å². The van der Waals surface area contributed by atoms with E-state index in [4.69, 9.17) is 9.84 Å². The normalized spacial score (nSPS) is 11.8. The highest BCUT2D eigenvalue weighted by molar-refractivity contribution is 7.89. The lowest BCUT2D eigenvalue weighted by Gasteiger charge is -2.20. The summed E-state index contributed by atoms with van der Waals surface area (Å²) in [5.41, 5.74) is 0.733. The number of hydrogen-bond acceptors (Lipinski definition) is 5. The van der Waals surface area contributed by atoms with Crippen LogP contribution in [0.4, 0.5) is 0 Å². The largest absolute Gasteiger partial charge is 0.480 e. The van der Waals surface area contributed by atoms with Crippen molar-refractivity contribution in [3.63, 3.8) is 0 Å². The number of nitrogens with zero attached hydrogens (tertiary/aromatic N) is 1. The van der Waals surface area contributed by atoms with Crippen molar-refractivity contribution in [1.29, 1.82) is 0 Å². The van der Waals surface area contributed by atoms with E-state index in [1.165, 1.54) is 18.2 Å². The van der Waals surface area contributed by atoms with Gasteiger partial charge in [-0.3, -0.25) is 4.79 Å². The maximum absolute atomic E-state index is 12.7. The summed E-state index contributed by atoms with van der Waals surface area (Å²) >= 11 is 0. The zero-order valence-corrected chi connectivity index (χ0v) is 15.1. The Morgan fingerprint density at radius 3 is 2.42 bits per heavy atom. The number of sulfonamides is 1. The van der Waals surface area contributed by atoms with E-state index >= 15 is 0 Å². The molecule has 0 aromatic heterocycles. The summed E-state index contributed by atoms with van der Waals surface area (Å²) in [6, 6.07) is 4.11. The van der Waals surface area contributed by atoms with Gasteiger partial charge in [-0.15, -0.1) is 0 Å². The van der Waals surface area contributed by atoms with Crippen LogP contribution in [0, 0.1) is 6.92 Å². The zero-order valence-electron chi connectivity index (χ0n) is 14.3. The SMILES string of the molecule is CCCN(CC(=O)O)S(=O)(=O)c1ccc(C)c(C(=O)OC(C)C)c1. The van der Waals surface area contributed by atoms with Crippen molar-refractivity contribution in [2.24, 2.45) is 0 Å². The Bertz CT molecular complexity index is 711. The first-order valence-electron chi connectivity index (χ1n) is 7.63. The summed E-state index contributed by atoms with van der Waals surface area (Å²) in [6.45, 7) is 6.27. The summed E-state index contributed by atoms with van der Waals surface area (Å²) in [5, 5.41) is 8.93. The number of ether oxygens (including phenoxy) is 1. The van der Waals surface area contributed by atoms with Gasteiger partial charge in [0, 0.05) is 6.54 Å². The number of carbonyl (C=O) groups is 2. The summed E-state index contributed by atoms with van der Waals surface area (Å²) in [4.78, 5) is 22.9. The third kappa shape index (κ3) is 5.04. The smallest absolute Gasteiger partial charge is 0.338 e. The van der Waals surface area contributed by atoms with Crippen molar-refractivity contribution in [1.82, 2.24) is 4.31 Å². The van der Waals surface area contributed by atoms with Gasteiger partial charge in [-0.1, -0.05) is 13.0 Å². The Morgan fingerprint density at radius 1 is 1.29 bits per heavy atom. The molecule has 0 fully saturated rings. The van der Waals surface area contributed by atoms with Crippen LogP contribution in [0.15, 0.2) is 23.1 Å². The predicted octanol–water partition coefficient (Wildman–Crippen LogP) is 2.05. The monoisotopic (exact) mass is 357 g/mol. The minimum Gasteiger partial charge on any atom is -0.480 e. The first-order valence-corrected chi connectivity index (χ1v) is 9.07. The Hall–Kier alpha value is -1.93. The van der Waals surface area contributed by atoms with Gasteiger partial charge in [0.05, 0.1) is 16.6 Å². The van der Waals surface area contributed by atoms with Crippen LogP contribution in [0.25, 0.3) is 0 Å². The van der Waals surface area contributed by atoms with Crippen LogP contribution < -0.4 is 0 Å². The van der Waals surface area contributed by atoms with Crippen molar-refractivity contribution >= 4 is 22.0 Å². The average molecular weight is 357 g/mol. The van der Waals surface area contributed by atoms with E-state index in [1.807, 2.05) is 0 Å². The van der Waals surface area contributed by atoms with Gasteiger partial charge in [0.1, 0.15) is 6.54 Å². The second kappa shape index (κ2) is 8.25. The van der Waals surface area contributed by atoms with Gasteiger partial charge < -0.3 is 9.84 Å². The van der Waals surface area contributed by atoms with E-state index in [1.54, 1.807) is 27.7 Å². The van der Waals surface area contributed by atoms with Crippen LogP contribution in [0.2, 0.25) is 0 Å². The number of aryl methyl sites for hydroxylation is 1. The Kier molecular flexibility index (Phi) is 6.92. The minimum absolute atomic E-state index is 0.0777. The predicted molar refractivity (Wildman–Crippen MR) is 88.4 cm³/mol. The molecule has 7 nitrogen and oxygen atoms in total. The standard InChI is InChI=1S/C16H23NO6S/c1-5-8-17(10-15(18)19)24(21,22)13-7-6-12(4)14(9-13)16(20)23-11(2)3/h6-7,9,11H,5,8,10H2,1-4H3,(H,18,19). The molecule has 0 atom stereocenters. The van der Waals surface area contributed by atoms with Crippen LogP contribution in [-0.2, 0) is 19.6 Å². The van der Waals surface area contributed by atoms with Crippen LogP contribution in [-0.4, -0.2) is 49.0 Å². The molecular formula is C16H23NO6S. The molecule has 0 saturated carbocycles. The van der Waals surface area contributed by atoms with Gasteiger partial charge in [-0.2, -0.15) is 4.31 Å². The van der Waals surface area contributed by atoms with E-state index in [2.05, 4.69) is 0 Å². The van der Waals surface area contributed by atoms with E-state index in [0.717, 1.165) is 4.31 Å². The highest BCUT2D eigenvalue weighted by atomic mass is 32.2. The fourth-order valence-corrected chi connectivity index (χ4v) is 3.60. The van der Waals surface area contributed by atoms with Crippen LogP contribution >= 0.6 is 0 Å². The van der Waals surface area contributed by atoms with Gasteiger partial charge in [0.25, 0.3) is 0 Å². The van der Waals surface area contributed by atoms with Gasteiger partial charge in [-0.25, -0.2) is 13.2 Å². The number of esters is 1. The van der Waals surface area contributed by atoms with Gasteiger partial charge >= 0.3 is 11.9 Å². The lowest BCUT2D eigenvalue weighted by molar-refractivity contribution is -0.137. The minimum atomic E-state index is -4.01. The van der Waals surface area contributed by atoms with Gasteiger partial charge in [0.2, 0.25) is 10.0 Å². The highest BCUT2D eigenvalue weighted by Crippen LogP contribution is 2.21. The number of carboxylic acids is 1. The first-order chi connectivity index (χ1) is 11.1. The van der Waals surface area contributed by atoms with Gasteiger partial charge in [0.15, 0.2) is 0 Å². The molecule has 0 amide bonds. The number of aliphatic carboxylic acids is 1. The third-order valence-electron chi connectivity index (χ3n) is 3.19. The molecule has 0 spiro atoms. The lowest BCUT2D eigenvalue weighted by atomic mass is 10.1. The lowest BCUT2D eigenvalue weighted by Crippen LogP contribution is -2.36. The molecule has 134 valence electrons. The number of rotatable bonds is 8. The molecule has 0 unspecified atom stereocenters.